The van der Waals surface area contributed by atoms with Crippen molar-refractivity contribution in [1.82, 2.24) is 10.3 Å². The summed E-state index contributed by atoms with van der Waals surface area (Å²) in [5.74, 6) is -0.0876. The smallest absolute Gasteiger partial charge is 0.253 e. The minimum absolute atomic E-state index is 0.0337. The van der Waals surface area contributed by atoms with Crippen molar-refractivity contribution in [3.05, 3.63) is 53.9 Å². The SMILES string of the molecule is CC[C@H](C)NC(=O)c1cncc(-c2ccc(C(C)=O)cc2)c1. The molecule has 0 aliphatic rings. The van der Waals surface area contributed by atoms with E-state index in [1.165, 1.54) is 6.92 Å². The molecule has 1 atom stereocenters. The Morgan fingerprint density at radius 2 is 1.77 bits per heavy atom. The van der Waals surface area contributed by atoms with Gasteiger partial charge in [-0.25, -0.2) is 0 Å². The molecule has 1 amide bonds. The number of ketones is 1. The van der Waals surface area contributed by atoms with E-state index < -0.39 is 0 Å². The summed E-state index contributed by atoms with van der Waals surface area (Å²) in [6.45, 7) is 5.53. The fourth-order valence-electron chi connectivity index (χ4n) is 2.03. The molecular formula is C18H20N2O2. The van der Waals surface area contributed by atoms with Crippen LogP contribution in [0.25, 0.3) is 11.1 Å². The second kappa shape index (κ2) is 6.98. The van der Waals surface area contributed by atoms with Crippen molar-refractivity contribution in [1.29, 1.82) is 0 Å². The maximum Gasteiger partial charge on any atom is 0.253 e. The van der Waals surface area contributed by atoms with Crippen molar-refractivity contribution in [2.75, 3.05) is 0 Å². The molecule has 1 heterocycles. The summed E-state index contributed by atoms with van der Waals surface area (Å²) in [7, 11) is 0. The molecule has 0 saturated carbocycles. The van der Waals surface area contributed by atoms with E-state index in [-0.39, 0.29) is 17.7 Å². The van der Waals surface area contributed by atoms with Gasteiger partial charge >= 0.3 is 0 Å². The van der Waals surface area contributed by atoms with Gasteiger partial charge in [-0.05, 0) is 31.9 Å². The van der Waals surface area contributed by atoms with Crippen LogP contribution in [0, 0.1) is 0 Å². The number of benzene rings is 1. The van der Waals surface area contributed by atoms with Crippen LogP contribution in [0.1, 0.15) is 47.9 Å². The topological polar surface area (TPSA) is 59.1 Å². The third-order valence-electron chi connectivity index (χ3n) is 3.62. The fraction of sp³-hybridized carbons (Fsp3) is 0.278. The number of pyridine rings is 1. The highest BCUT2D eigenvalue weighted by Crippen LogP contribution is 2.20. The first kappa shape index (κ1) is 15.9. The van der Waals surface area contributed by atoms with Crippen molar-refractivity contribution in [3.63, 3.8) is 0 Å². The molecule has 0 aliphatic carbocycles. The number of aromatic nitrogens is 1. The van der Waals surface area contributed by atoms with Crippen molar-refractivity contribution in [2.45, 2.75) is 33.2 Å². The van der Waals surface area contributed by atoms with Gasteiger partial charge in [-0.1, -0.05) is 31.2 Å². The zero-order valence-corrected chi connectivity index (χ0v) is 13.1. The summed E-state index contributed by atoms with van der Waals surface area (Å²) in [5.41, 5.74) is 2.98. The monoisotopic (exact) mass is 296 g/mol. The summed E-state index contributed by atoms with van der Waals surface area (Å²) in [5, 5.41) is 2.92. The van der Waals surface area contributed by atoms with Gasteiger partial charge in [0.2, 0.25) is 0 Å². The number of carbonyl (C=O) groups excluding carboxylic acids is 2. The predicted octanol–water partition coefficient (Wildman–Crippen LogP) is 3.48. The maximum absolute atomic E-state index is 12.1. The summed E-state index contributed by atoms with van der Waals surface area (Å²) >= 11 is 0. The molecule has 0 radical (unpaired) electrons. The van der Waals surface area contributed by atoms with E-state index in [9.17, 15) is 9.59 Å². The Bertz CT molecular complexity index is 678. The van der Waals surface area contributed by atoms with Gasteiger partial charge in [0.25, 0.3) is 5.91 Å². The van der Waals surface area contributed by atoms with Gasteiger partial charge in [-0.15, -0.1) is 0 Å². The van der Waals surface area contributed by atoms with E-state index in [4.69, 9.17) is 0 Å². The second-order valence-corrected chi connectivity index (χ2v) is 5.38. The van der Waals surface area contributed by atoms with Crippen molar-refractivity contribution in [2.24, 2.45) is 0 Å². The van der Waals surface area contributed by atoms with Gasteiger partial charge in [-0.2, -0.15) is 0 Å². The van der Waals surface area contributed by atoms with Gasteiger partial charge < -0.3 is 5.32 Å². The lowest BCUT2D eigenvalue weighted by Gasteiger charge is -2.11. The van der Waals surface area contributed by atoms with Crippen LogP contribution in [0.4, 0.5) is 0 Å². The molecule has 1 aromatic carbocycles. The first-order chi connectivity index (χ1) is 10.5. The third-order valence-corrected chi connectivity index (χ3v) is 3.62. The molecule has 0 aliphatic heterocycles. The minimum atomic E-state index is -0.121. The van der Waals surface area contributed by atoms with Crippen LogP contribution in [-0.4, -0.2) is 22.7 Å². The Morgan fingerprint density at radius 3 is 2.36 bits per heavy atom. The molecule has 0 unspecified atom stereocenters. The Hall–Kier alpha value is -2.49. The van der Waals surface area contributed by atoms with Gasteiger partial charge in [0.15, 0.2) is 5.78 Å². The Labute approximate surface area is 130 Å². The highest BCUT2D eigenvalue weighted by Gasteiger charge is 2.10. The molecule has 114 valence electrons. The third kappa shape index (κ3) is 3.79. The fourth-order valence-corrected chi connectivity index (χ4v) is 2.03. The quantitative estimate of drug-likeness (QED) is 0.859. The highest BCUT2D eigenvalue weighted by atomic mass is 16.1. The number of amides is 1. The van der Waals surface area contributed by atoms with Crippen molar-refractivity contribution >= 4 is 11.7 Å². The largest absolute Gasteiger partial charge is 0.350 e. The molecule has 2 rings (SSSR count). The molecule has 1 aromatic heterocycles. The van der Waals surface area contributed by atoms with Crippen molar-refractivity contribution in [3.8, 4) is 11.1 Å². The summed E-state index contributed by atoms with van der Waals surface area (Å²) in [6.07, 6.45) is 4.15. The van der Waals surface area contributed by atoms with Gasteiger partial charge in [0.1, 0.15) is 0 Å². The predicted molar refractivity (Wildman–Crippen MR) is 86.9 cm³/mol. The van der Waals surface area contributed by atoms with Crippen LogP contribution in [0.5, 0.6) is 0 Å². The first-order valence-corrected chi connectivity index (χ1v) is 7.38. The summed E-state index contributed by atoms with van der Waals surface area (Å²) < 4.78 is 0. The van der Waals surface area contributed by atoms with Crippen LogP contribution in [0.2, 0.25) is 0 Å². The number of nitrogens with zero attached hydrogens (tertiary/aromatic N) is 1. The van der Waals surface area contributed by atoms with E-state index in [1.54, 1.807) is 24.5 Å². The van der Waals surface area contributed by atoms with Crippen molar-refractivity contribution < 1.29 is 9.59 Å². The number of hydrogen-bond donors (Lipinski definition) is 1. The maximum atomic E-state index is 12.1. The average Bonchev–Trinajstić information content (AvgIpc) is 2.54. The molecule has 0 saturated heterocycles. The number of carbonyl (C=O) groups is 2. The average molecular weight is 296 g/mol. The molecule has 0 bridgehead atoms. The zero-order chi connectivity index (χ0) is 16.1. The van der Waals surface area contributed by atoms with Gasteiger partial charge in [-0.3, -0.25) is 14.6 Å². The Kier molecular flexibility index (Phi) is 5.04. The molecule has 22 heavy (non-hydrogen) atoms. The number of rotatable bonds is 5. The van der Waals surface area contributed by atoms with E-state index in [0.717, 1.165) is 17.5 Å². The standard InChI is InChI=1S/C18H20N2O2/c1-4-12(2)20-18(22)17-9-16(10-19-11-17)15-7-5-14(6-8-15)13(3)21/h5-12H,4H2,1-3H3,(H,20,22)/t12-/m0/s1. The lowest BCUT2D eigenvalue weighted by molar-refractivity contribution is 0.0938. The number of hydrogen-bond acceptors (Lipinski definition) is 3. The molecule has 0 spiro atoms. The van der Waals surface area contributed by atoms with Crippen LogP contribution < -0.4 is 5.32 Å². The second-order valence-electron chi connectivity index (χ2n) is 5.38. The van der Waals surface area contributed by atoms with Crippen LogP contribution in [0.15, 0.2) is 42.7 Å². The first-order valence-electron chi connectivity index (χ1n) is 7.38. The Morgan fingerprint density at radius 1 is 1.09 bits per heavy atom. The summed E-state index contributed by atoms with van der Waals surface area (Å²) in [4.78, 5) is 27.6. The normalized spacial score (nSPS) is 11.8. The zero-order valence-electron chi connectivity index (χ0n) is 13.1. The van der Waals surface area contributed by atoms with Gasteiger partial charge in [0.05, 0.1) is 5.56 Å². The minimum Gasteiger partial charge on any atom is -0.350 e. The molecule has 0 fully saturated rings. The number of Topliss-reactive ketones (excluding diaryl/α,β-unsaturated/α-hetero) is 1. The van der Waals surface area contributed by atoms with Crippen LogP contribution in [-0.2, 0) is 0 Å². The van der Waals surface area contributed by atoms with Gasteiger partial charge in [0, 0.05) is 29.6 Å². The molecule has 1 N–H and O–H groups in total. The molecular weight excluding hydrogens is 276 g/mol. The number of nitrogens with one attached hydrogen (secondary N) is 1. The van der Waals surface area contributed by atoms with Crippen LogP contribution >= 0.6 is 0 Å². The van der Waals surface area contributed by atoms with E-state index in [1.807, 2.05) is 32.0 Å². The van der Waals surface area contributed by atoms with Crippen LogP contribution in [0.3, 0.4) is 0 Å². The van der Waals surface area contributed by atoms with E-state index in [2.05, 4.69) is 10.3 Å². The lowest BCUT2D eigenvalue weighted by atomic mass is 10.0. The molecule has 2 aromatic rings. The molecule has 4 heteroatoms. The molecule has 4 nitrogen and oxygen atoms in total. The highest BCUT2D eigenvalue weighted by molar-refractivity contribution is 5.96. The lowest BCUT2D eigenvalue weighted by Crippen LogP contribution is -2.31. The van der Waals surface area contributed by atoms with E-state index in [0.29, 0.717) is 11.1 Å². The summed E-state index contributed by atoms with van der Waals surface area (Å²) in [6, 6.07) is 9.24. The Balaban J connectivity index is 2.24. The van der Waals surface area contributed by atoms with E-state index >= 15 is 0 Å².